The van der Waals surface area contributed by atoms with Gasteiger partial charge in [-0.05, 0) is 24.3 Å². The molecule has 2 aromatic rings. The third-order valence-electron chi connectivity index (χ3n) is 1.82. The highest BCUT2D eigenvalue weighted by Gasteiger charge is 2.04. The van der Waals surface area contributed by atoms with Crippen LogP contribution in [0.1, 0.15) is 0 Å². The van der Waals surface area contributed by atoms with E-state index in [9.17, 15) is 0 Å². The minimum absolute atomic E-state index is 0.646. The lowest BCUT2D eigenvalue weighted by Crippen LogP contribution is -1.83. The van der Waals surface area contributed by atoms with Crippen LogP contribution in [0.15, 0.2) is 36.5 Å². The molecule has 1 nitrogen and oxygen atoms in total. The van der Waals surface area contributed by atoms with Crippen molar-refractivity contribution in [1.29, 1.82) is 0 Å². The molecule has 0 aliphatic rings. The SMILES string of the molecule is Clc1ccc(Cl)c(-c2cc[c]cn2)c1. The smallest absolute Gasteiger partial charge is 0.0717 e. The zero-order valence-corrected chi connectivity index (χ0v) is 8.68. The fourth-order valence-electron chi connectivity index (χ4n) is 1.17. The zero-order chi connectivity index (χ0) is 9.97. The number of benzene rings is 1. The van der Waals surface area contributed by atoms with Crippen LogP contribution in [0.4, 0.5) is 0 Å². The molecule has 0 amide bonds. The van der Waals surface area contributed by atoms with Crippen LogP contribution < -0.4 is 0 Å². The van der Waals surface area contributed by atoms with Crippen LogP contribution in [0, 0.1) is 6.07 Å². The van der Waals surface area contributed by atoms with Gasteiger partial charge in [-0.25, -0.2) is 0 Å². The van der Waals surface area contributed by atoms with Gasteiger partial charge in [0.1, 0.15) is 0 Å². The second kappa shape index (κ2) is 3.99. The van der Waals surface area contributed by atoms with Crippen LogP contribution >= 0.6 is 23.2 Å². The van der Waals surface area contributed by atoms with Gasteiger partial charge in [0.15, 0.2) is 0 Å². The van der Waals surface area contributed by atoms with E-state index >= 15 is 0 Å². The molecule has 0 saturated heterocycles. The first-order chi connectivity index (χ1) is 6.77. The van der Waals surface area contributed by atoms with Crippen LogP contribution in [-0.2, 0) is 0 Å². The summed E-state index contributed by atoms with van der Waals surface area (Å²) in [4.78, 5) is 4.15. The van der Waals surface area contributed by atoms with E-state index in [1.165, 1.54) is 0 Å². The summed E-state index contributed by atoms with van der Waals surface area (Å²) in [5, 5.41) is 1.30. The van der Waals surface area contributed by atoms with Gasteiger partial charge in [-0.15, -0.1) is 0 Å². The highest BCUT2D eigenvalue weighted by Crippen LogP contribution is 2.28. The van der Waals surface area contributed by atoms with Gasteiger partial charge in [0.25, 0.3) is 0 Å². The normalized spacial score (nSPS) is 10.1. The molecule has 1 aromatic heterocycles. The largest absolute Gasteiger partial charge is 0.256 e. The molecule has 3 heteroatoms. The van der Waals surface area contributed by atoms with Crippen LogP contribution in [-0.4, -0.2) is 4.98 Å². The van der Waals surface area contributed by atoms with Crippen molar-refractivity contribution in [3.8, 4) is 11.3 Å². The van der Waals surface area contributed by atoms with Gasteiger partial charge in [-0.1, -0.05) is 29.3 Å². The van der Waals surface area contributed by atoms with Crippen molar-refractivity contribution < 1.29 is 0 Å². The van der Waals surface area contributed by atoms with Gasteiger partial charge in [0, 0.05) is 22.8 Å². The van der Waals surface area contributed by atoms with Crippen molar-refractivity contribution in [2.75, 3.05) is 0 Å². The summed E-state index contributed by atoms with van der Waals surface area (Å²) in [6.07, 6.45) is 1.60. The molecule has 0 fully saturated rings. The molecule has 0 unspecified atom stereocenters. The Kier molecular flexibility index (Phi) is 2.71. The summed E-state index contributed by atoms with van der Waals surface area (Å²) in [6.45, 7) is 0. The average molecular weight is 223 g/mol. The van der Waals surface area contributed by atoms with Crippen LogP contribution in [0.2, 0.25) is 10.0 Å². The molecule has 0 saturated carbocycles. The first-order valence-corrected chi connectivity index (χ1v) is 4.80. The molecular formula is C11H6Cl2N. The Balaban J connectivity index is 2.57. The van der Waals surface area contributed by atoms with Crippen molar-refractivity contribution in [2.45, 2.75) is 0 Å². The second-order valence-corrected chi connectivity index (χ2v) is 3.61. The fourth-order valence-corrected chi connectivity index (χ4v) is 1.56. The highest BCUT2D eigenvalue weighted by molar-refractivity contribution is 6.35. The Bertz CT molecular complexity index is 440. The Morgan fingerprint density at radius 2 is 2.00 bits per heavy atom. The third-order valence-corrected chi connectivity index (χ3v) is 2.38. The van der Waals surface area contributed by atoms with E-state index in [0.29, 0.717) is 10.0 Å². The summed E-state index contributed by atoms with van der Waals surface area (Å²) in [7, 11) is 0. The fraction of sp³-hybridized carbons (Fsp3) is 0. The molecule has 0 N–H and O–H groups in total. The molecule has 1 radical (unpaired) electrons. The van der Waals surface area contributed by atoms with Crippen LogP contribution in [0.3, 0.4) is 0 Å². The van der Waals surface area contributed by atoms with E-state index < -0.39 is 0 Å². The Morgan fingerprint density at radius 1 is 1.14 bits per heavy atom. The van der Waals surface area contributed by atoms with Crippen molar-refractivity contribution in [1.82, 2.24) is 4.98 Å². The van der Waals surface area contributed by atoms with Crippen molar-refractivity contribution >= 4 is 23.2 Å². The topological polar surface area (TPSA) is 12.9 Å². The number of halogens is 2. The minimum atomic E-state index is 0.646. The van der Waals surface area contributed by atoms with Crippen LogP contribution in [0.5, 0.6) is 0 Å². The van der Waals surface area contributed by atoms with Crippen molar-refractivity contribution in [3.63, 3.8) is 0 Å². The summed E-state index contributed by atoms with van der Waals surface area (Å²) in [5.74, 6) is 0. The van der Waals surface area contributed by atoms with Gasteiger partial charge in [-0.3, -0.25) is 4.98 Å². The summed E-state index contributed by atoms with van der Waals surface area (Å²) < 4.78 is 0. The second-order valence-electron chi connectivity index (χ2n) is 2.77. The maximum absolute atomic E-state index is 6.02. The molecule has 0 spiro atoms. The summed E-state index contributed by atoms with van der Waals surface area (Å²) in [5.41, 5.74) is 1.64. The zero-order valence-electron chi connectivity index (χ0n) is 7.17. The number of rotatable bonds is 1. The highest BCUT2D eigenvalue weighted by atomic mass is 35.5. The van der Waals surface area contributed by atoms with Crippen molar-refractivity contribution in [2.24, 2.45) is 0 Å². The maximum atomic E-state index is 6.02. The Hall–Kier alpha value is -1.05. The predicted molar refractivity (Wildman–Crippen MR) is 58.5 cm³/mol. The molecule has 14 heavy (non-hydrogen) atoms. The van der Waals surface area contributed by atoms with E-state index in [2.05, 4.69) is 11.1 Å². The summed E-state index contributed by atoms with van der Waals surface area (Å²) in [6, 6.07) is 11.8. The molecule has 0 bridgehead atoms. The van der Waals surface area contributed by atoms with E-state index in [4.69, 9.17) is 23.2 Å². The molecule has 2 rings (SSSR count). The van der Waals surface area contributed by atoms with E-state index in [1.54, 1.807) is 30.5 Å². The van der Waals surface area contributed by atoms with Crippen molar-refractivity contribution in [3.05, 3.63) is 52.6 Å². The molecule has 1 heterocycles. The van der Waals surface area contributed by atoms with Gasteiger partial charge in [0.2, 0.25) is 0 Å². The van der Waals surface area contributed by atoms with E-state index in [0.717, 1.165) is 11.3 Å². The lowest BCUT2D eigenvalue weighted by Gasteiger charge is -2.03. The molecule has 0 atom stereocenters. The molecule has 1 aromatic carbocycles. The number of nitrogens with zero attached hydrogens (tertiary/aromatic N) is 1. The van der Waals surface area contributed by atoms with Gasteiger partial charge in [-0.2, -0.15) is 0 Å². The number of hydrogen-bond donors (Lipinski definition) is 0. The summed E-state index contributed by atoms with van der Waals surface area (Å²) >= 11 is 11.9. The van der Waals surface area contributed by atoms with Crippen LogP contribution in [0.25, 0.3) is 11.3 Å². The van der Waals surface area contributed by atoms with Gasteiger partial charge in [0.05, 0.1) is 10.7 Å². The first kappa shape index (κ1) is 9.50. The lowest BCUT2D eigenvalue weighted by molar-refractivity contribution is 1.32. The number of hydrogen-bond acceptors (Lipinski definition) is 1. The quantitative estimate of drug-likeness (QED) is 0.715. The monoisotopic (exact) mass is 222 g/mol. The maximum Gasteiger partial charge on any atom is 0.0717 e. The van der Waals surface area contributed by atoms with E-state index in [1.807, 2.05) is 6.07 Å². The third kappa shape index (κ3) is 1.89. The molecule has 0 aliphatic heterocycles. The first-order valence-electron chi connectivity index (χ1n) is 4.05. The number of pyridine rings is 1. The minimum Gasteiger partial charge on any atom is -0.256 e. The number of aromatic nitrogens is 1. The molecule has 0 aliphatic carbocycles. The van der Waals surface area contributed by atoms with Gasteiger partial charge < -0.3 is 0 Å². The van der Waals surface area contributed by atoms with Gasteiger partial charge >= 0.3 is 0 Å². The standard InChI is InChI=1S/C11H6Cl2N/c12-8-4-5-10(13)9(7-8)11-3-1-2-6-14-11/h1,3-7H. The molecular weight excluding hydrogens is 217 g/mol. The average Bonchev–Trinajstić information content (AvgIpc) is 2.23. The molecule has 69 valence electrons. The predicted octanol–water partition coefficient (Wildman–Crippen LogP) is 3.86. The Labute approximate surface area is 92.3 Å². The van der Waals surface area contributed by atoms with E-state index in [-0.39, 0.29) is 0 Å². The lowest BCUT2D eigenvalue weighted by atomic mass is 10.1. The Morgan fingerprint density at radius 3 is 2.71 bits per heavy atom.